The molecule has 4 nitrogen and oxygen atoms in total. The van der Waals surface area contributed by atoms with E-state index in [1.54, 1.807) is 6.92 Å². The van der Waals surface area contributed by atoms with E-state index in [2.05, 4.69) is 11.7 Å². The Bertz CT molecular complexity index is 412. The summed E-state index contributed by atoms with van der Waals surface area (Å²) >= 11 is 0. The second-order valence-electron chi connectivity index (χ2n) is 5.04. The van der Waals surface area contributed by atoms with Gasteiger partial charge in [-0.25, -0.2) is 0 Å². The fraction of sp³-hybridized carbons (Fsp3) is 0.533. The van der Waals surface area contributed by atoms with Crippen LogP contribution in [0.1, 0.15) is 32.8 Å². The summed E-state index contributed by atoms with van der Waals surface area (Å²) in [5.41, 5.74) is 6.15. The zero-order valence-corrected chi connectivity index (χ0v) is 12.1. The van der Waals surface area contributed by atoms with E-state index in [0.29, 0.717) is 6.42 Å². The Morgan fingerprint density at radius 1 is 1.37 bits per heavy atom. The number of carbonyl (C=O) groups excluding carboxylic acids is 1. The molecule has 0 aromatic heterocycles. The first kappa shape index (κ1) is 15.5. The van der Waals surface area contributed by atoms with E-state index in [4.69, 9.17) is 10.5 Å². The Morgan fingerprint density at radius 3 is 2.42 bits per heavy atom. The lowest BCUT2D eigenvalue weighted by atomic mass is 9.96. The normalized spacial score (nSPS) is 15.4. The molecular weight excluding hydrogens is 242 g/mol. The van der Waals surface area contributed by atoms with Gasteiger partial charge in [-0.15, -0.1) is 0 Å². The van der Waals surface area contributed by atoms with Crippen LogP contribution in [0.3, 0.4) is 0 Å². The molecule has 0 radical (unpaired) electrons. The smallest absolute Gasteiger partial charge is 0.325 e. The molecule has 0 heterocycles. The van der Waals surface area contributed by atoms with Crippen LogP contribution in [0.25, 0.3) is 0 Å². The van der Waals surface area contributed by atoms with E-state index in [1.807, 2.05) is 31.2 Å². The van der Waals surface area contributed by atoms with Crippen molar-refractivity contribution in [3.05, 3.63) is 29.8 Å². The average molecular weight is 265 g/mol. The van der Waals surface area contributed by atoms with Crippen molar-refractivity contribution in [3.8, 4) is 5.75 Å². The van der Waals surface area contributed by atoms with Gasteiger partial charge in [-0.2, -0.15) is 0 Å². The Kier molecular flexibility index (Phi) is 5.36. The molecule has 19 heavy (non-hydrogen) atoms. The van der Waals surface area contributed by atoms with Gasteiger partial charge in [0, 0.05) is 6.42 Å². The Morgan fingerprint density at radius 2 is 1.95 bits per heavy atom. The van der Waals surface area contributed by atoms with Crippen molar-refractivity contribution < 1.29 is 14.3 Å². The van der Waals surface area contributed by atoms with Crippen LogP contribution in [0.15, 0.2) is 24.3 Å². The van der Waals surface area contributed by atoms with Crippen molar-refractivity contribution in [1.29, 1.82) is 0 Å². The molecule has 1 aromatic rings. The number of ether oxygens (including phenoxy) is 2. The molecule has 0 amide bonds. The first-order chi connectivity index (χ1) is 8.89. The molecule has 0 aliphatic heterocycles. The van der Waals surface area contributed by atoms with Gasteiger partial charge < -0.3 is 15.2 Å². The third kappa shape index (κ3) is 4.56. The number of benzene rings is 1. The SMILES string of the molecule is CCc1ccc(OC(C)CC(C)(N)C(=O)OC)cc1. The summed E-state index contributed by atoms with van der Waals surface area (Å²) in [4.78, 5) is 11.5. The van der Waals surface area contributed by atoms with Gasteiger partial charge in [0.1, 0.15) is 11.3 Å². The van der Waals surface area contributed by atoms with Gasteiger partial charge in [-0.05, 0) is 38.0 Å². The number of nitrogens with two attached hydrogens (primary N) is 1. The van der Waals surface area contributed by atoms with Crippen LogP contribution >= 0.6 is 0 Å². The fourth-order valence-electron chi connectivity index (χ4n) is 1.99. The quantitative estimate of drug-likeness (QED) is 0.802. The number of hydrogen-bond donors (Lipinski definition) is 1. The largest absolute Gasteiger partial charge is 0.491 e. The van der Waals surface area contributed by atoms with Crippen molar-refractivity contribution in [3.63, 3.8) is 0 Å². The maximum Gasteiger partial charge on any atom is 0.325 e. The standard InChI is InChI=1S/C15H23NO3/c1-5-12-6-8-13(9-7-12)19-11(2)10-15(3,16)14(17)18-4/h6-9,11H,5,10,16H2,1-4H3. The number of aryl methyl sites for hydroxylation is 1. The van der Waals surface area contributed by atoms with Gasteiger partial charge in [0.05, 0.1) is 13.2 Å². The minimum atomic E-state index is -1.03. The van der Waals surface area contributed by atoms with Crippen LogP contribution in [-0.2, 0) is 16.0 Å². The monoisotopic (exact) mass is 265 g/mol. The van der Waals surface area contributed by atoms with Crippen LogP contribution in [0, 0.1) is 0 Å². The van der Waals surface area contributed by atoms with Crippen LogP contribution in [-0.4, -0.2) is 24.7 Å². The summed E-state index contributed by atoms with van der Waals surface area (Å²) in [5, 5.41) is 0. The lowest BCUT2D eigenvalue weighted by Gasteiger charge is -2.25. The van der Waals surface area contributed by atoms with Gasteiger partial charge in [0.25, 0.3) is 0 Å². The van der Waals surface area contributed by atoms with Crippen LogP contribution in [0.5, 0.6) is 5.75 Å². The number of rotatable bonds is 6. The third-order valence-corrected chi connectivity index (χ3v) is 3.03. The fourth-order valence-corrected chi connectivity index (χ4v) is 1.99. The number of methoxy groups -OCH3 is 1. The molecule has 0 aliphatic carbocycles. The summed E-state index contributed by atoms with van der Waals surface area (Å²) in [6, 6.07) is 7.93. The summed E-state index contributed by atoms with van der Waals surface area (Å²) in [6.07, 6.45) is 1.23. The van der Waals surface area contributed by atoms with Gasteiger partial charge >= 0.3 is 5.97 Å². The number of hydrogen-bond acceptors (Lipinski definition) is 4. The molecule has 0 spiro atoms. The molecule has 2 unspecified atom stereocenters. The summed E-state index contributed by atoms with van der Waals surface area (Å²) < 4.78 is 10.4. The topological polar surface area (TPSA) is 61.5 Å². The van der Waals surface area contributed by atoms with Crippen molar-refractivity contribution in [2.75, 3.05) is 7.11 Å². The van der Waals surface area contributed by atoms with Crippen molar-refractivity contribution in [2.45, 2.75) is 45.3 Å². The van der Waals surface area contributed by atoms with Crippen LogP contribution in [0.4, 0.5) is 0 Å². The zero-order chi connectivity index (χ0) is 14.5. The van der Waals surface area contributed by atoms with Gasteiger partial charge in [0.2, 0.25) is 0 Å². The zero-order valence-electron chi connectivity index (χ0n) is 12.1. The third-order valence-electron chi connectivity index (χ3n) is 3.03. The number of esters is 1. The highest BCUT2D eigenvalue weighted by molar-refractivity contribution is 5.79. The predicted molar refractivity (Wildman–Crippen MR) is 75.1 cm³/mol. The molecule has 1 aromatic carbocycles. The summed E-state index contributed by atoms with van der Waals surface area (Å²) in [6.45, 7) is 5.65. The molecule has 4 heteroatoms. The molecular formula is C15H23NO3. The summed E-state index contributed by atoms with van der Waals surface area (Å²) in [5.74, 6) is 0.356. The lowest BCUT2D eigenvalue weighted by Crippen LogP contribution is -2.48. The van der Waals surface area contributed by atoms with Gasteiger partial charge in [-0.3, -0.25) is 4.79 Å². The highest BCUT2D eigenvalue weighted by Crippen LogP contribution is 2.18. The maximum atomic E-state index is 11.5. The van der Waals surface area contributed by atoms with Crippen molar-refractivity contribution in [2.24, 2.45) is 5.73 Å². The molecule has 0 fully saturated rings. The number of carbonyl (C=O) groups is 1. The highest BCUT2D eigenvalue weighted by Gasteiger charge is 2.32. The minimum absolute atomic E-state index is 0.165. The van der Waals surface area contributed by atoms with Crippen LogP contribution < -0.4 is 10.5 Å². The summed E-state index contributed by atoms with van der Waals surface area (Å²) in [7, 11) is 1.34. The van der Waals surface area contributed by atoms with Gasteiger partial charge in [0.15, 0.2) is 0 Å². The van der Waals surface area contributed by atoms with E-state index < -0.39 is 11.5 Å². The second-order valence-corrected chi connectivity index (χ2v) is 5.04. The molecule has 106 valence electrons. The van der Waals surface area contributed by atoms with Crippen molar-refractivity contribution >= 4 is 5.97 Å². The maximum absolute atomic E-state index is 11.5. The Hall–Kier alpha value is -1.55. The molecule has 0 bridgehead atoms. The first-order valence-electron chi connectivity index (χ1n) is 6.52. The first-order valence-corrected chi connectivity index (χ1v) is 6.52. The molecule has 0 aliphatic rings. The van der Waals surface area contributed by atoms with E-state index >= 15 is 0 Å². The van der Waals surface area contributed by atoms with Gasteiger partial charge in [-0.1, -0.05) is 19.1 Å². The lowest BCUT2D eigenvalue weighted by molar-refractivity contribution is -0.147. The van der Waals surface area contributed by atoms with E-state index in [-0.39, 0.29) is 6.10 Å². The van der Waals surface area contributed by atoms with E-state index in [0.717, 1.165) is 12.2 Å². The Labute approximate surface area is 114 Å². The average Bonchev–Trinajstić information content (AvgIpc) is 2.37. The Balaban J connectivity index is 2.59. The van der Waals surface area contributed by atoms with E-state index in [9.17, 15) is 4.79 Å². The van der Waals surface area contributed by atoms with Crippen LogP contribution in [0.2, 0.25) is 0 Å². The molecule has 2 atom stereocenters. The molecule has 2 N–H and O–H groups in total. The second kappa shape index (κ2) is 6.57. The minimum Gasteiger partial charge on any atom is -0.491 e. The molecule has 0 saturated carbocycles. The molecule has 1 rings (SSSR count). The molecule has 0 saturated heterocycles. The van der Waals surface area contributed by atoms with Crippen molar-refractivity contribution in [1.82, 2.24) is 0 Å². The highest BCUT2D eigenvalue weighted by atomic mass is 16.5. The van der Waals surface area contributed by atoms with E-state index in [1.165, 1.54) is 12.7 Å². The predicted octanol–water partition coefficient (Wildman–Crippen LogP) is 2.30.